The van der Waals surface area contributed by atoms with Crippen LogP contribution in [0.3, 0.4) is 0 Å². The summed E-state index contributed by atoms with van der Waals surface area (Å²) in [5.74, 6) is 0.0981. The van der Waals surface area contributed by atoms with Gasteiger partial charge in [0, 0.05) is 19.4 Å². The van der Waals surface area contributed by atoms with E-state index >= 15 is 0 Å². The number of hydrogen-bond donors (Lipinski definition) is 0. The number of methoxy groups -OCH3 is 1. The molecule has 2 atom stereocenters. The molecule has 3 nitrogen and oxygen atoms in total. The van der Waals surface area contributed by atoms with Crippen molar-refractivity contribution in [2.75, 3.05) is 13.7 Å². The molecule has 0 spiro atoms. The average Bonchev–Trinajstić information content (AvgIpc) is 2.43. The Balaban J connectivity index is 2.38. The Morgan fingerprint density at radius 1 is 1.28 bits per heavy atom. The molecule has 1 aromatic carbocycles. The van der Waals surface area contributed by atoms with Gasteiger partial charge in [0.15, 0.2) is 0 Å². The van der Waals surface area contributed by atoms with Crippen molar-refractivity contribution >= 4 is 5.78 Å². The van der Waals surface area contributed by atoms with Gasteiger partial charge in [-0.15, -0.1) is 0 Å². The lowest BCUT2D eigenvalue weighted by Gasteiger charge is -2.21. The molecule has 0 saturated carbocycles. The van der Waals surface area contributed by atoms with Crippen LogP contribution in [0.1, 0.15) is 25.8 Å². The van der Waals surface area contributed by atoms with Gasteiger partial charge in [-0.2, -0.15) is 0 Å². The third-order valence-electron chi connectivity index (χ3n) is 3.11. The van der Waals surface area contributed by atoms with Gasteiger partial charge in [-0.1, -0.05) is 44.2 Å². The number of ether oxygens (including phenoxy) is 2. The first-order valence-corrected chi connectivity index (χ1v) is 6.36. The van der Waals surface area contributed by atoms with Crippen LogP contribution in [0.4, 0.5) is 0 Å². The summed E-state index contributed by atoms with van der Waals surface area (Å²) in [6.07, 6.45) is 0.376. The van der Waals surface area contributed by atoms with Crippen LogP contribution in [0.15, 0.2) is 30.3 Å². The molecule has 1 aromatic rings. The lowest BCUT2D eigenvalue weighted by atomic mass is 9.98. The highest BCUT2D eigenvalue weighted by molar-refractivity contribution is 5.80. The molecule has 0 aliphatic rings. The molecule has 0 aromatic heterocycles. The third kappa shape index (κ3) is 4.59. The molecular formula is C15H22O3. The lowest BCUT2D eigenvalue weighted by molar-refractivity contribution is -0.128. The molecule has 3 heteroatoms. The predicted octanol–water partition coefficient (Wildman–Crippen LogP) is 2.83. The van der Waals surface area contributed by atoms with Crippen molar-refractivity contribution in [3.8, 4) is 0 Å². The summed E-state index contributed by atoms with van der Waals surface area (Å²) in [6, 6.07) is 9.97. The summed E-state index contributed by atoms with van der Waals surface area (Å²) in [4.78, 5) is 11.6. The largest absolute Gasteiger partial charge is 0.378 e. The Bertz CT molecular complexity index is 348. The van der Waals surface area contributed by atoms with Gasteiger partial charge < -0.3 is 9.47 Å². The van der Waals surface area contributed by atoms with E-state index in [4.69, 9.17) is 9.47 Å². The number of ketones is 1. The van der Waals surface area contributed by atoms with Crippen LogP contribution in [0, 0.1) is 5.92 Å². The normalized spacial score (nSPS) is 14.2. The zero-order valence-electron chi connectivity index (χ0n) is 11.4. The minimum Gasteiger partial charge on any atom is -0.378 e. The summed E-state index contributed by atoms with van der Waals surface area (Å²) in [5, 5.41) is 0. The van der Waals surface area contributed by atoms with Crippen molar-refractivity contribution in [1.82, 2.24) is 0 Å². The molecule has 2 unspecified atom stereocenters. The Morgan fingerprint density at radius 3 is 2.50 bits per heavy atom. The van der Waals surface area contributed by atoms with Gasteiger partial charge in [-0.05, 0) is 5.56 Å². The maximum atomic E-state index is 11.6. The first kappa shape index (κ1) is 14.9. The van der Waals surface area contributed by atoms with Gasteiger partial charge in [0.2, 0.25) is 0 Å². The Hall–Kier alpha value is -1.19. The van der Waals surface area contributed by atoms with E-state index < -0.39 is 0 Å². The molecule has 0 amide bonds. The lowest BCUT2D eigenvalue weighted by Crippen LogP contribution is -2.31. The fourth-order valence-electron chi connectivity index (χ4n) is 1.81. The van der Waals surface area contributed by atoms with Gasteiger partial charge in [0.25, 0.3) is 0 Å². The zero-order chi connectivity index (χ0) is 13.4. The van der Waals surface area contributed by atoms with Gasteiger partial charge in [0.05, 0.1) is 19.3 Å². The van der Waals surface area contributed by atoms with Gasteiger partial charge >= 0.3 is 0 Å². The number of Topliss-reactive ketones (excluding diaryl/α,β-unsaturated/α-hetero) is 1. The first-order chi connectivity index (χ1) is 8.69. The van der Waals surface area contributed by atoms with Crippen LogP contribution in [0.2, 0.25) is 0 Å². The number of rotatable bonds is 8. The number of benzene rings is 1. The molecule has 0 radical (unpaired) electrons. The molecule has 0 fully saturated rings. The third-order valence-corrected chi connectivity index (χ3v) is 3.11. The average molecular weight is 250 g/mol. The summed E-state index contributed by atoms with van der Waals surface area (Å²) in [6.45, 7) is 4.76. The Kier molecular flexibility index (Phi) is 6.61. The Morgan fingerprint density at radius 2 is 1.94 bits per heavy atom. The summed E-state index contributed by atoms with van der Waals surface area (Å²) in [7, 11) is 1.62. The highest BCUT2D eigenvalue weighted by Crippen LogP contribution is 2.11. The SMILES string of the molecule is CCC(=O)C(C)C(COCc1ccccc1)OC. The second-order valence-corrected chi connectivity index (χ2v) is 4.38. The van der Waals surface area contributed by atoms with Crippen molar-refractivity contribution in [3.05, 3.63) is 35.9 Å². The van der Waals surface area contributed by atoms with Gasteiger partial charge in [-0.3, -0.25) is 4.79 Å². The van der Waals surface area contributed by atoms with Crippen LogP contribution in [0.5, 0.6) is 0 Å². The monoisotopic (exact) mass is 250 g/mol. The maximum Gasteiger partial charge on any atom is 0.138 e. The highest BCUT2D eigenvalue weighted by atomic mass is 16.5. The summed E-state index contributed by atoms with van der Waals surface area (Å²) in [5.41, 5.74) is 1.13. The van der Waals surface area contributed by atoms with E-state index in [2.05, 4.69) is 0 Å². The zero-order valence-corrected chi connectivity index (χ0v) is 11.4. The van der Waals surface area contributed by atoms with E-state index in [0.29, 0.717) is 19.6 Å². The molecule has 0 heterocycles. The minimum atomic E-state index is -0.166. The van der Waals surface area contributed by atoms with E-state index in [1.807, 2.05) is 44.2 Å². The fraction of sp³-hybridized carbons (Fsp3) is 0.533. The smallest absolute Gasteiger partial charge is 0.138 e. The van der Waals surface area contributed by atoms with Crippen LogP contribution >= 0.6 is 0 Å². The van der Waals surface area contributed by atoms with Crippen molar-refractivity contribution in [3.63, 3.8) is 0 Å². The molecule has 18 heavy (non-hydrogen) atoms. The van der Waals surface area contributed by atoms with Crippen molar-refractivity contribution in [2.45, 2.75) is 33.0 Å². The molecule has 0 aliphatic carbocycles. The van der Waals surface area contributed by atoms with Crippen molar-refractivity contribution < 1.29 is 14.3 Å². The van der Waals surface area contributed by atoms with E-state index in [1.54, 1.807) is 7.11 Å². The molecule has 0 saturated heterocycles. The molecular weight excluding hydrogens is 228 g/mol. The number of hydrogen-bond acceptors (Lipinski definition) is 3. The first-order valence-electron chi connectivity index (χ1n) is 6.36. The second-order valence-electron chi connectivity index (χ2n) is 4.38. The molecule has 0 bridgehead atoms. The van der Waals surface area contributed by atoms with Crippen LogP contribution in [-0.2, 0) is 20.9 Å². The standard InChI is InChI=1S/C15H22O3/c1-4-14(16)12(2)15(17-3)11-18-10-13-8-6-5-7-9-13/h5-9,12,15H,4,10-11H2,1-3H3. The highest BCUT2D eigenvalue weighted by Gasteiger charge is 2.22. The summed E-state index contributed by atoms with van der Waals surface area (Å²) < 4.78 is 10.9. The van der Waals surface area contributed by atoms with E-state index in [0.717, 1.165) is 5.56 Å². The fourth-order valence-corrected chi connectivity index (χ4v) is 1.81. The topological polar surface area (TPSA) is 35.5 Å². The Labute approximate surface area is 109 Å². The number of carbonyl (C=O) groups is 1. The van der Waals surface area contributed by atoms with E-state index in [9.17, 15) is 4.79 Å². The quantitative estimate of drug-likeness (QED) is 0.711. The molecule has 0 aliphatic heterocycles. The summed E-state index contributed by atoms with van der Waals surface area (Å²) >= 11 is 0. The van der Waals surface area contributed by atoms with Crippen molar-refractivity contribution in [1.29, 1.82) is 0 Å². The second kappa shape index (κ2) is 8.01. The van der Waals surface area contributed by atoms with Gasteiger partial charge in [0.1, 0.15) is 5.78 Å². The van der Waals surface area contributed by atoms with Crippen molar-refractivity contribution in [2.24, 2.45) is 5.92 Å². The van der Waals surface area contributed by atoms with E-state index in [-0.39, 0.29) is 17.8 Å². The van der Waals surface area contributed by atoms with Crippen LogP contribution in [-0.4, -0.2) is 25.6 Å². The predicted molar refractivity (Wildman–Crippen MR) is 71.4 cm³/mol. The molecule has 1 rings (SSSR count). The van der Waals surface area contributed by atoms with E-state index in [1.165, 1.54) is 0 Å². The van der Waals surface area contributed by atoms with Gasteiger partial charge in [-0.25, -0.2) is 0 Å². The van der Waals surface area contributed by atoms with Crippen LogP contribution in [0.25, 0.3) is 0 Å². The number of carbonyl (C=O) groups excluding carboxylic acids is 1. The maximum absolute atomic E-state index is 11.6. The molecule has 0 N–H and O–H groups in total. The van der Waals surface area contributed by atoms with Crippen LogP contribution < -0.4 is 0 Å². The minimum absolute atomic E-state index is 0.115. The molecule has 100 valence electrons.